The van der Waals surface area contributed by atoms with Crippen LogP contribution in [0.2, 0.25) is 0 Å². The predicted octanol–water partition coefficient (Wildman–Crippen LogP) is 2.37. The van der Waals surface area contributed by atoms with Crippen molar-refractivity contribution in [3.05, 3.63) is 11.8 Å². The maximum atomic E-state index is 11.4. The Balaban J connectivity index is 1.71. The fraction of sp³-hybridized carbons (Fsp3) is 0.818. The SMILES string of the molecule is O=S1CCCC1COC=C1CCCC1. The molecule has 80 valence electrons. The number of ether oxygens (including phenoxy) is 1. The lowest BCUT2D eigenvalue weighted by Gasteiger charge is -2.07. The van der Waals surface area contributed by atoms with E-state index in [1.54, 1.807) is 0 Å². The number of allylic oxidation sites excluding steroid dienone is 1. The molecule has 2 rings (SSSR count). The van der Waals surface area contributed by atoms with E-state index in [4.69, 9.17) is 4.74 Å². The molecular formula is C11H18O2S. The smallest absolute Gasteiger partial charge is 0.102 e. The van der Waals surface area contributed by atoms with Crippen molar-refractivity contribution < 1.29 is 8.95 Å². The van der Waals surface area contributed by atoms with Crippen molar-refractivity contribution >= 4 is 10.8 Å². The largest absolute Gasteiger partial charge is 0.500 e. The van der Waals surface area contributed by atoms with Gasteiger partial charge in [-0.2, -0.15) is 0 Å². The zero-order valence-electron chi connectivity index (χ0n) is 8.54. The van der Waals surface area contributed by atoms with Crippen molar-refractivity contribution in [2.45, 2.75) is 43.8 Å². The molecule has 1 saturated heterocycles. The second kappa shape index (κ2) is 4.96. The summed E-state index contributed by atoms with van der Waals surface area (Å²) < 4.78 is 16.9. The van der Waals surface area contributed by atoms with Crippen LogP contribution in [0.1, 0.15) is 38.5 Å². The highest BCUT2D eigenvalue weighted by molar-refractivity contribution is 7.85. The van der Waals surface area contributed by atoms with Crippen molar-refractivity contribution in [3.63, 3.8) is 0 Å². The standard InChI is InChI=1S/C11H18O2S/c12-14-7-3-6-11(14)9-13-8-10-4-1-2-5-10/h8,11H,1-7,9H2. The molecule has 0 amide bonds. The van der Waals surface area contributed by atoms with E-state index in [1.807, 2.05) is 6.26 Å². The first-order valence-electron chi connectivity index (χ1n) is 5.53. The topological polar surface area (TPSA) is 26.3 Å². The molecule has 0 radical (unpaired) electrons. The summed E-state index contributed by atoms with van der Waals surface area (Å²) in [4.78, 5) is 0. The van der Waals surface area contributed by atoms with Gasteiger partial charge in [0.1, 0.15) is 6.61 Å². The molecule has 0 N–H and O–H groups in total. The van der Waals surface area contributed by atoms with Gasteiger partial charge in [-0.1, -0.05) is 0 Å². The minimum atomic E-state index is -0.618. The van der Waals surface area contributed by atoms with E-state index in [1.165, 1.54) is 31.3 Å². The van der Waals surface area contributed by atoms with Crippen LogP contribution >= 0.6 is 0 Å². The fourth-order valence-electron chi connectivity index (χ4n) is 2.13. The van der Waals surface area contributed by atoms with Gasteiger partial charge in [-0.25, -0.2) is 0 Å². The van der Waals surface area contributed by atoms with Gasteiger partial charge in [0.25, 0.3) is 0 Å². The van der Waals surface area contributed by atoms with Gasteiger partial charge in [-0.3, -0.25) is 4.21 Å². The van der Waals surface area contributed by atoms with Crippen molar-refractivity contribution in [3.8, 4) is 0 Å². The van der Waals surface area contributed by atoms with E-state index in [0.717, 1.165) is 18.6 Å². The van der Waals surface area contributed by atoms with Gasteiger partial charge in [-0.05, 0) is 44.1 Å². The van der Waals surface area contributed by atoms with E-state index in [0.29, 0.717) is 11.9 Å². The number of rotatable bonds is 3. The Morgan fingerprint density at radius 2 is 2.14 bits per heavy atom. The first kappa shape index (κ1) is 10.2. The summed E-state index contributed by atoms with van der Waals surface area (Å²) in [5.74, 6) is 0.880. The molecule has 0 aromatic carbocycles. The average Bonchev–Trinajstić information content (AvgIpc) is 2.78. The Kier molecular flexibility index (Phi) is 3.62. The Hall–Kier alpha value is -0.310. The fourth-order valence-corrected chi connectivity index (χ4v) is 3.58. The Morgan fingerprint density at radius 1 is 1.36 bits per heavy atom. The van der Waals surface area contributed by atoms with Gasteiger partial charge >= 0.3 is 0 Å². The van der Waals surface area contributed by atoms with Crippen LogP contribution in [0.25, 0.3) is 0 Å². The molecule has 2 aliphatic rings. The van der Waals surface area contributed by atoms with E-state index < -0.39 is 10.8 Å². The highest BCUT2D eigenvalue weighted by Crippen LogP contribution is 2.24. The molecule has 2 nitrogen and oxygen atoms in total. The molecule has 1 heterocycles. The van der Waals surface area contributed by atoms with Crippen LogP contribution in [-0.2, 0) is 15.5 Å². The average molecular weight is 214 g/mol. The lowest BCUT2D eigenvalue weighted by Crippen LogP contribution is -2.15. The van der Waals surface area contributed by atoms with Crippen LogP contribution < -0.4 is 0 Å². The highest BCUT2D eigenvalue weighted by atomic mass is 32.2. The molecule has 14 heavy (non-hydrogen) atoms. The molecule has 1 aliphatic carbocycles. The van der Waals surface area contributed by atoms with Crippen LogP contribution in [0.4, 0.5) is 0 Å². The summed E-state index contributed by atoms with van der Waals surface area (Å²) >= 11 is 0. The maximum absolute atomic E-state index is 11.4. The van der Waals surface area contributed by atoms with Crippen LogP contribution in [0.3, 0.4) is 0 Å². The molecular weight excluding hydrogens is 196 g/mol. The van der Waals surface area contributed by atoms with Crippen molar-refractivity contribution in [1.29, 1.82) is 0 Å². The molecule has 3 heteroatoms. The molecule has 2 atom stereocenters. The predicted molar refractivity (Wildman–Crippen MR) is 58.5 cm³/mol. The Labute approximate surface area is 88.2 Å². The lowest BCUT2D eigenvalue weighted by atomic mass is 10.2. The van der Waals surface area contributed by atoms with Crippen LogP contribution in [0.15, 0.2) is 11.8 Å². The van der Waals surface area contributed by atoms with E-state index >= 15 is 0 Å². The minimum absolute atomic E-state index is 0.299. The van der Waals surface area contributed by atoms with Gasteiger partial charge in [0.15, 0.2) is 0 Å². The van der Waals surface area contributed by atoms with Crippen LogP contribution in [-0.4, -0.2) is 21.8 Å². The van der Waals surface area contributed by atoms with Gasteiger partial charge < -0.3 is 4.74 Å². The van der Waals surface area contributed by atoms with Crippen LogP contribution in [0, 0.1) is 0 Å². The monoisotopic (exact) mass is 214 g/mol. The van der Waals surface area contributed by atoms with E-state index in [9.17, 15) is 4.21 Å². The summed E-state index contributed by atoms with van der Waals surface area (Å²) in [6, 6.07) is 0. The summed E-state index contributed by atoms with van der Waals surface area (Å²) in [6.45, 7) is 0.663. The normalized spacial score (nSPS) is 32.1. The summed E-state index contributed by atoms with van der Waals surface area (Å²) in [6.07, 6.45) is 9.13. The summed E-state index contributed by atoms with van der Waals surface area (Å²) in [7, 11) is -0.618. The minimum Gasteiger partial charge on any atom is -0.500 e. The first-order chi connectivity index (χ1) is 6.86. The molecule has 0 bridgehead atoms. The number of hydrogen-bond acceptors (Lipinski definition) is 2. The number of hydrogen-bond donors (Lipinski definition) is 0. The van der Waals surface area contributed by atoms with Crippen molar-refractivity contribution in [2.24, 2.45) is 0 Å². The third-order valence-electron chi connectivity index (χ3n) is 3.02. The molecule has 0 aromatic heterocycles. The van der Waals surface area contributed by atoms with Gasteiger partial charge in [0, 0.05) is 16.6 Å². The van der Waals surface area contributed by atoms with Crippen molar-refractivity contribution in [1.82, 2.24) is 0 Å². The second-order valence-corrected chi connectivity index (χ2v) is 6.00. The van der Waals surface area contributed by atoms with Crippen LogP contribution in [0.5, 0.6) is 0 Å². The third-order valence-corrected chi connectivity index (χ3v) is 4.83. The lowest BCUT2D eigenvalue weighted by molar-refractivity contribution is 0.244. The third kappa shape index (κ3) is 2.59. The van der Waals surface area contributed by atoms with Gasteiger partial charge in [0.05, 0.1) is 11.5 Å². The molecule has 1 saturated carbocycles. The molecule has 0 spiro atoms. The first-order valence-corrected chi connectivity index (χ1v) is 6.91. The quantitative estimate of drug-likeness (QED) is 0.674. The van der Waals surface area contributed by atoms with Gasteiger partial charge in [-0.15, -0.1) is 0 Å². The molecule has 2 fully saturated rings. The zero-order valence-corrected chi connectivity index (χ0v) is 9.35. The maximum Gasteiger partial charge on any atom is 0.102 e. The van der Waals surface area contributed by atoms with E-state index in [2.05, 4.69) is 0 Å². The molecule has 0 aromatic rings. The zero-order chi connectivity index (χ0) is 9.80. The molecule has 1 aliphatic heterocycles. The summed E-state index contributed by atoms with van der Waals surface area (Å²) in [5.41, 5.74) is 1.44. The Bertz CT molecular complexity index is 240. The molecule has 2 unspecified atom stereocenters. The Morgan fingerprint density at radius 3 is 2.79 bits per heavy atom. The van der Waals surface area contributed by atoms with E-state index in [-0.39, 0.29) is 0 Å². The van der Waals surface area contributed by atoms with Crippen molar-refractivity contribution in [2.75, 3.05) is 12.4 Å². The van der Waals surface area contributed by atoms with Gasteiger partial charge in [0.2, 0.25) is 0 Å². The second-order valence-electron chi connectivity index (χ2n) is 4.17. The summed E-state index contributed by atoms with van der Waals surface area (Å²) in [5, 5.41) is 0.299. The highest BCUT2D eigenvalue weighted by Gasteiger charge is 2.23.